The molecule has 0 fully saturated rings. The molecule has 0 aliphatic heterocycles. The van der Waals surface area contributed by atoms with Crippen LogP contribution in [0.2, 0.25) is 0 Å². The van der Waals surface area contributed by atoms with Crippen LogP contribution in [0.3, 0.4) is 0 Å². The molecule has 0 radical (unpaired) electrons. The standard InChI is InChI=1S/C23H16F4N8O/c1-11(17-6-16(35-36-17)13-4-2-3-5-15(13)24)19-14(7-28)18(20(34-19)21(30)33-10-29)12-8-31-22(32-9-12)23(25,26)27/h2-6,8-11,34H,1H3,(H3,29,30,33). The van der Waals surface area contributed by atoms with E-state index in [2.05, 4.69) is 25.1 Å². The lowest BCUT2D eigenvalue weighted by Crippen LogP contribution is -2.15. The first-order valence-electron chi connectivity index (χ1n) is 10.2. The fraction of sp³-hybridized carbons (Fsp3) is 0.130. The van der Waals surface area contributed by atoms with Gasteiger partial charge in [0.1, 0.15) is 35.5 Å². The molecule has 4 aromatic rings. The van der Waals surface area contributed by atoms with Crippen molar-refractivity contribution < 1.29 is 22.1 Å². The molecule has 1 aromatic carbocycles. The smallest absolute Gasteiger partial charge is 0.382 e. The van der Waals surface area contributed by atoms with E-state index >= 15 is 0 Å². The number of nitrogens with zero attached hydrogens (tertiary/aromatic N) is 5. The topological polar surface area (TPSA) is 154 Å². The van der Waals surface area contributed by atoms with Gasteiger partial charge >= 0.3 is 6.18 Å². The van der Waals surface area contributed by atoms with E-state index in [1.54, 1.807) is 13.0 Å². The van der Waals surface area contributed by atoms with E-state index in [1.165, 1.54) is 24.3 Å². The number of aromatic nitrogens is 4. The van der Waals surface area contributed by atoms with E-state index in [9.17, 15) is 22.8 Å². The fourth-order valence-corrected chi connectivity index (χ4v) is 3.61. The van der Waals surface area contributed by atoms with Crippen LogP contribution in [-0.4, -0.2) is 32.3 Å². The van der Waals surface area contributed by atoms with Gasteiger partial charge in [0.25, 0.3) is 0 Å². The molecule has 182 valence electrons. The number of H-pyrrole nitrogens is 1. The third kappa shape index (κ3) is 4.43. The van der Waals surface area contributed by atoms with Crippen molar-refractivity contribution in [2.45, 2.75) is 19.0 Å². The van der Waals surface area contributed by atoms with Gasteiger partial charge in [-0.25, -0.2) is 19.4 Å². The molecule has 3 aromatic heterocycles. The number of amidine groups is 1. The number of nitrogens with two attached hydrogens (primary N) is 1. The van der Waals surface area contributed by atoms with Crippen LogP contribution in [0.1, 0.15) is 41.4 Å². The summed E-state index contributed by atoms with van der Waals surface area (Å²) in [6.45, 7) is 1.68. The van der Waals surface area contributed by atoms with Crippen molar-refractivity contribution in [2.24, 2.45) is 10.7 Å². The quantitative estimate of drug-likeness (QED) is 0.201. The average molecular weight is 496 g/mol. The van der Waals surface area contributed by atoms with Gasteiger partial charge in [-0.2, -0.15) is 18.4 Å². The zero-order valence-corrected chi connectivity index (χ0v) is 18.4. The van der Waals surface area contributed by atoms with E-state index < -0.39 is 23.7 Å². The molecule has 36 heavy (non-hydrogen) atoms. The summed E-state index contributed by atoms with van der Waals surface area (Å²) in [6.07, 6.45) is -2.24. The van der Waals surface area contributed by atoms with Gasteiger partial charge in [-0.1, -0.05) is 17.3 Å². The minimum Gasteiger partial charge on any atom is -0.382 e. The number of rotatable bonds is 6. The molecule has 9 nitrogen and oxygen atoms in total. The van der Waals surface area contributed by atoms with Crippen molar-refractivity contribution in [3.8, 4) is 28.5 Å². The number of halogens is 4. The van der Waals surface area contributed by atoms with E-state index in [1.807, 2.05) is 6.07 Å². The maximum Gasteiger partial charge on any atom is 0.451 e. The Bertz CT molecular complexity index is 1500. The zero-order chi connectivity index (χ0) is 26.0. The molecule has 1 unspecified atom stereocenters. The highest BCUT2D eigenvalue weighted by atomic mass is 19.4. The lowest BCUT2D eigenvalue weighted by atomic mass is 9.96. The van der Waals surface area contributed by atoms with Gasteiger partial charge in [0.05, 0.1) is 17.2 Å². The SMILES string of the molecule is CC(c1cc(-c2ccccc2F)no1)c1[nH]c(/C(N)=N\C=N)c(-c2cnc(C(F)(F)F)nc2)c1C#N. The van der Waals surface area contributed by atoms with E-state index in [0.29, 0.717) is 6.34 Å². The van der Waals surface area contributed by atoms with Crippen molar-refractivity contribution in [2.75, 3.05) is 0 Å². The highest BCUT2D eigenvalue weighted by Gasteiger charge is 2.35. The lowest BCUT2D eigenvalue weighted by molar-refractivity contribution is -0.144. The van der Waals surface area contributed by atoms with Gasteiger partial charge in [-0.05, 0) is 19.1 Å². The Morgan fingerprint density at radius 2 is 1.97 bits per heavy atom. The predicted octanol–water partition coefficient (Wildman–Crippen LogP) is 4.62. The molecule has 3 heterocycles. The summed E-state index contributed by atoms with van der Waals surface area (Å²) in [5.74, 6) is -2.41. The number of aromatic amines is 1. The molecule has 0 amide bonds. The maximum atomic E-state index is 14.2. The molecular weight excluding hydrogens is 480 g/mol. The number of aliphatic imine (C=N–C) groups is 1. The van der Waals surface area contributed by atoms with Crippen LogP contribution in [-0.2, 0) is 6.18 Å². The summed E-state index contributed by atoms with van der Waals surface area (Å²) in [5, 5.41) is 21.1. The van der Waals surface area contributed by atoms with Gasteiger partial charge < -0.3 is 15.2 Å². The second-order valence-electron chi connectivity index (χ2n) is 7.53. The van der Waals surface area contributed by atoms with Gasteiger partial charge in [-0.3, -0.25) is 5.41 Å². The molecular formula is C23H16F4N8O. The molecule has 0 aliphatic rings. The minimum absolute atomic E-state index is 0.0211. The summed E-state index contributed by atoms with van der Waals surface area (Å²) < 4.78 is 58.4. The Morgan fingerprint density at radius 1 is 1.28 bits per heavy atom. The van der Waals surface area contributed by atoms with Crippen LogP contribution in [0.25, 0.3) is 22.4 Å². The lowest BCUT2D eigenvalue weighted by Gasteiger charge is -2.07. The molecule has 0 saturated carbocycles. The van der Waals surface area contributed by atoms with Crippen molar-refractivity contribution in [1.82, 2.24) is 20.1 Å². The first-order chi connectivity index (χ1) is 17.2. The van der Waals surface area contributed by atoms with Crippen LogP contribution in [0.4, 0.5) is 17.6 Å². The van der Waals surface area contributed by atoms with Gasteiger partial charge in [-0.15, -0.1) is 0 Å². The summed E-state index contributed by atoms with van der Waals surface area (Å²) in [6, 6.07) is 9.53. The van der Waals surface area contributed by atoms with Crippen molar-refractivity contribution in [1.29, 1.82) is 10.7 Å². The van der Waals surface area contributed by atoms with Crippen LogP contribution in [0.5, 0.6) is 0 Å². The second kappa shape index (κ2) is 9.41. The number of hydrogen-bond donors (Lipinski definition) is 3. The highest BCUT2D eigenvalue weighted by molar-refractivity contribution is 6.06. The van der Waals surface area contributed by atoms with Gasteiger partial charge in [0, 0.05) is 40.8 Å². The number of benzene rings is 1. The zero-order valence-electron chi connectivity index (χ0n) is 18.4. The number of alkyl halides is 3. The monoisotopic (exact) mass is 496 g/mol. The Labute approximate surface area is 200 Å². The Balaban J connectivity index is 1.84. The summed E-state index contributed by atoms with van der Waals surface area (Å²) >= 11 is 0. The minimum atomic E-state index is -4.75. The summed E-state index contributed by atoms with van der Waals surface area (Å²) in [7, 11) is 0. The van der Waals surface area contributed by atoms with Crippen molar-refractivity contribution >= 4 is 12.2 Å². The molecule has 13 heteroatoms. The van der Waals surface area contributed by atoms with E-state index in [-0.39, 0.29) is 50.9 Å². The molecule has 0 saturated heterocycles. The Kier molecular flexibility index (Phi) is 6.35. The van der Waals surface area contributed by atoms with Crippen molar-refractivity contribution in [3.05, 3.63) is 77.1 Å². The number of nitriles is 1. The Morgan fingerprint density at radius 3 is 2.58 bits per heavy atom. The molecule has 0 aliphatic carbocycles. The third-order valence-electron chi connectivity index (χ3n) is 5.33. The molecule has 4 rings (SSSR count). The van der Waals surface area contributed by atoms with E-state index in [0.717, 1.165) is 12.4 Å². The van der Waals surface area contributed by atoms with Gasteiger partial charge in [0.2, 0.25) is 5.82 Å². The number of nitrogens with one attached hydrogen (secondary N) is 2. The average Bonchev–Trinajstić information content (AvgIpc) is 3.49. The highest BCUT2D eigenvalue weighted by Crippen LogP contribution is 2.37. The molecule has 0 bridgehead atoms. The third-order valence-corrected chi connectivity index (χ3v) is 5.33. The maximum absolute atomic E-state index is 14.2. The first-order valence-corrected chi connectivity index (χ1v) is 10.2. The largest absolute Gasteiger partial charge is 0.451 e. The summed E-state index contributed by atoms with van der Waals surface area (Å²) in [5.41, 5.74) is 6.98. The predicted molar refractivity (Wildman–Crippen MR) is 120 cm³/mol. The summed E-state index contributed by atoms with van der Waals surface area (Å²) in [4.78, 5) is 13.4. The van der Waals surface area contributed by atoms with Crippen LogP contribution in [0, 0.1) is 22.6 Å². The fourth-order valence-electron chi connectivity index (χ4n) is 3.61. The van der Waals surface area contributed by atoms with Crippen LogP contribution in [0.15, 0.2) is 52.2 Å². The molecule has 0 spiro atoms. The number of hydrogen-bond acceptors (Lipinski definition) is 6. The van der Waals surface area contributed by atoms with Crippen LogP contribution >= 0.6 is 0 Å². The molecule has 4 N–H and O–H groups in total. The van der Waals surface area contributed by atoms with E-state index in [4.69, 9.17) is 15.7 Å². The van der Waals surface area contributed by atoms with Crippen molar-refractivity contribution in [3.63, 3.8) is 0 Å². The van der Waals surface area contributed by atoms with Gasteiger partial charge in [0.15, 0.2) is 0 Å². The van der Waals surface area contributed by atoms with Crippen LogP contribution < -0.4 is 5.73 Å². The second-order valence-corrected chi connectivity index (χ2v) is 7.53. The first kappa shape index (κ1) is 24.3. The normalized spacial score (nSPS) is 12.8. The Hall–Kier alpha value is -4.86. The molecule has 1 atom stereocenters.